The van der Waals surface area contributed by atoms with E-state index in [0.717, 1.165) is 15.8 Å². The predicted octanol–water partition coefficient (Wildman–Crippen LogP) is 3.88. The monoisotopic (exact) mass is 270 g/mol. The molecule has 0 amide bonds. The summed E-state index contributed by atoms with van der Waals surface area (Å²) < 4.78 is 1.03. The van der Waals surface area contributed by atoms with Gasteiger partial charge >= 0.3 is 0 Å². The number of hydrogen-bond donors (Lipinski definition) is 2. The molecule has 1 rings (SSSR count). The zero-order chi connectivity index (χ0) is 11.4. The maximum absolute atomic E-state index is 5.69. The average Bonchev–Trinajstić information content (AvgIpc) is 2.20. The SMILES string of the molecule is CCC(C)C(C)Nc1ccc(N)cc1Br. The number of halogens is 1. The van der Waals surface area contributed by atoms with Gasteiger partial charge in [-0.15, -0.1) is 0 Å². The van der Waals surface area contributed by atoms with E-state index < -0.39 is 0 Å². The van der Waals surface area contributed by atoms with E-state index in [9.17, 15) is 0 Å². The van der Waals surface area contributed by atoms with Crippen LogP contribution in [-0.4, -0.2) is 6.04 Å². The molecule has 0 aliphatic rings. The molecule has 84 valence electrons. The lowest BCUT2D eigenvalue weighted by Gasteiger charge is -2.22. The van der Waals surface area contributed by atoms with Gasteiger partial charge in [-0.1, -0.05) is 20.3 Å². The minimum absolute atomic E-state index is 0.468. The lowest BCUT2D eigenvalue weighted by Crippen LogP contribution is -2.23. The highest BCUT2D eigenvalue weighted by atomic mass is 79.9. The number of nitrogen functional groups attached to an aromatic ring is 1. The topological polar surface area (TPSA) is 38.0 Å². The van der Waals surface area contributed by atoms with Gasteiger partial charge in [-0.3, -0.25) is 0 Å². The zero-order valence-corrected chi connectivity index (χ0v) is 11.1. The molecule has 0 aliphatic heterocycles. The molecule has 0 fully saturated rings. The van der Waals surface area contributed by atoms with E-state index in [2.05, 4.69) is 42.0 Å². The van der Waals surface area contributed by atoms with Crippen LogP contribution < -0.4 is 11.1 Å². The summed E-state index contributed by atoms with van der Waals surface area (Å²) in [6.07, 6.45) is 1.18. The van der Waals surface area contributed by atoms with Crippen LogP contribution >= 0.6 is 15.9 Å². The molecule has 0 saturated heterocycles. The molecule has 0 bridgehead atoms. The first-order valence-corrected chi connectivity index (χ1v) is 6.15. The second-order valence-corrected chi connectivity index (χ2v) is 4.91. The summed E-state index contributed by atoms with van der Waals surface area (Å²) >= 11 is 3.50. The second kappa shape index (κ2) is 5.40. The molecular formula is C12H19BrN2. The van der Waals surface area contributed by atoms with Crippen molar-refractivity contribution in [1.82, 2.24) is 0 Å². The maximum atomic E-state index is 5.69. The number of hydrogen-bond acceptors (Lipinski definition) is 2. The van der Waals surface area contributed by atoms with Crippen molar-refractivity contribution in [3.05, 3.63) is 22.7 Å². The highest BCUT2D eigenvalue weighted by Gasteiger charge is 2.10. The smallest absolute Gasteiger partial charge is 0.0488 e. The quantitative estimate of drug-likeness (QED) is 0.815. The normalized spacial score (nSPS) is 14.7. The Hall–Kier alpha value is -0.700. The summed E-state index contributed by atoms with van der Waals surface area (Å²) in [5.74, 6) is 0.662. The molecule has 3 heteroatoms. The highest BCUT2D eigenvalue weighted by molar-refractivity contribution is 9.10. The summed E-state index contributed by atoms with van der Waals surface area (Å²) in [4.78, 5) is 0. The summed E-state index contributed by atoms with van der Waals surface area (Å²) in [6.45, 7) is 6.67. The Morgan fingerprint density at radius 2 is 2.07 bits per heavy atom. The van der Waals surface area contributed by atoms with Crippen LogP contribution in [0.1, 0.15) is 27.2 Å². The van der Waals surface area contributed by atoms with Gasteiger partial charge in [0, 0.05) is 21.9 Å². The predicted molar refractivity (Wildman–Crippen MR) is 71.1 cm³/mol. The third-order valence-electron chi connectivity index (χ3n) is 2.87. The fourth-order valence-electron chi connectivity index (χ4n) is 1.39. The average molecular weight is 271 g/mol. The van der Waals surface area contributed by atoms with Gasteiger partial charge in [-0.2, -0.15) is 0 Å². The van der Waals surface area contributed by atoms with Crippen molar-refractivity contribution in [1.29, 1.82) is 0 Å². The Labute approximate surface area is 100 Å². The molecule has 0 heterocycles. The van der Waals surface area contributed by atoms with Crippen LogP contribution in [0, 0.1) is 5.92 Å². The largest absolute Gasteiger partial charge is 0.399 e. The van der Waals surface area contributed by atoms with Crippen LogP contribution in [0.15, 0.2) is 22.7 Å². The maximum Gasteiger partial charge on any atom is 0.0488 e. The van der Waals surface area contributed by atoms with E-state index in [1.165, 1.54) is 6.42 Å². The molecule has 2 unspecified atom stereocenters. The number of nitrogens with one attached hydrogen (secondary N) is 1. The molecular weight excluding hydrogens is 252 g/mol. The van der Waals surface area contributed by atoms with Crippen LogP contribution in [0.25, 0.3) is 0 Å². The first-order chi connectivity index (χ1) is 7.04. The molecule has 0 radical (unpaired) electrons. The fraction of sp³-hybridized carbons (Fsp3) is 0.500. The summed E-state index contributed by atoms with van der Waals surface area (Å²) in [5.41, 5.74) is 7.58. The third-order valence-corrected chi connectivity index (χ3v) is 3.53. The standard InChI is InChI=1S/C12H19BrN2/c1-4-8(2)9(3)15-12-6-5-10(14)7-11(12)13/h5-9,15H,4,14H2,1-3H3. The zero-order valence-electron chi connectivity index (χ0n) is 9.55. The highest BCUT2D eigenvalue weighted by Crippen LogP contribution is 2.26. The van der Waals surface area contributed by atoms with Gasteiger partial charge in [0.25, 0.3) is 0 Å². The number of rotatable bonds is 4. The summed E-state index contributed by atoms with van der Waals surface area (Å²) in [5, 5.41) is 3.49. The second-order valence-electron chi connectivity index (χ2n) is 4.06. The van der Waals surface area contributed by atoms with Crippen LogP contribution in [0.3, 0.4) is 0 Å². The molecule has 1 aromatic carbocycles. The Kier molecular flexibility index (Phi) is 4.45. The van der Waals surface area contributed by atoms with Crippen molar-refractivity contribution in [3.8, 4) is 0 Å². The summed E-state index contributed by atoms with van der Waals surface area (Å²) in [6, 6.07) is 6.32. The van der Waals surface area contributed by atoms with Crippen molar-refractivity contribution >= 4 is 27.3 Å². The summed E-state index contributed by atoms with van der Waals surface area (Å²) in [7, 11) is 0. The number of nitrogens with two attached hydrogens (primary N) is 1. The van der Waals surface area contributed by atoms with Gasteiger partial charge in [0.1, 0.15) is 0 Å². The van der Waals surface area contributed by atoms with E-state index in [1.807, 2.05) is 18.2 Å². The number of anilines is 2. The van der Waals surface area contributed by atoms with Gasteiger partial charge in [-0.05, 0) is 47.0 Å². The molecule has 15 heavy (non-hydrogen) atoms. The Morgan fingerprint density at radius 1 is 1.40 bits per heavy atom. The van der Waals surface area contributed by atoms with Crippen molar-refractivity contribution in [3.63, 3.8) is 0 Å². The van der Waals surface area contributed by atoms with Crippen LogP contribution in [0.5, 0.6) is 0 Å². The van der Waals surface area contributed by atoms with Crippen molar-refractivity contribution in [2.45, 2.75) is 33.2 Å². The Morgan fingerprint density at radius 3 is 2.60 bits per heavy atom. The van der Waals surface area contributed by atoms with Gasteiger partial charge in [0.2, 0.25) is 0 Å². The molecule has 0 aromatic heterocycles. The van der Waals surface area contributed by atoms with Crippen molar-refractivity contribution in [2.75, 3.05) is 11.1 Å². The van der Waals surface area contributed by atoms with E-state index in [0.29, 0.717) is 12.0 Å². The molecule has 0 aliphatic carbocycles. The molecule has 0 saturated carbocycles. The van der Waals surface area contributed by atoms with Crippen molar-refractivity contribution < 1.29 is 0 Å². The molecule has 0 spiro atoms. The minimum atomic E-state index is 0.468. The van der Waals surface area contributed by atoms with E-state index in [-0.39, 0.29) is 0 Å². The van der Waals surface area contributed by atoms with Gasteiger partial charge < -0.3 is 11.1 Å². The van der Waals surface area contributed by atoms with Gasteiger partial charge in [0.05, 0.1) is 0 Å². The van der Waals surface area contributed by atoms with Crippen LogP contribution in [-0.2, 0) is 0 Å². The van der Waals surface area contributed by atoms with Crippen LogP contribution in [0.4, 0.5) is 11.4 Å². The Bertz CT molecular complexity index is 325. The van der Waals surface area contributed by atoms with Crippen LogP contribution in [0.2, 0.25) is 0 Å². The van der Waals surface area contributed by atoms with E-state index in [4.69, 9.17) is 5.73 Å². The lowest BCUT2D eigenvalue weighted by molar-refractivity contribution is 0.494. The molecule has 3 N–H and O–H groups in total. The molecule has 2 atom stereocenters. The fourth-order valence-corrected chi connectivity index (χ4v) is 1.90. The number of benzene rings is 1. The molecule has 2 nitrogen and oxygen atoms in total. The van der Waals surface area contributed by atoms with E-state index >= 15 is 0 Å². The van der Waals surface area contributed by atoms with Crippen molar-refractivity contribution in [2.24, 2.45) is 5.92 Å². The van der Waals surface area contributed by atoms with Gasteiger partial charge in [0.15, 0.2) is 0 Å². The Balaban J connectivity index is 2.72. The minimum Gasteiger partial charge on any atom is -0.399 e. The first kappa shape index (κ1) is 12.4. The van der Waals surface area contributed by atoms with Gasteiger partial charge in [-0.25, -0.2) is 0 Å². The lowest BCUT2D eigenvalue weighted by atomic mass is 10.0. The van der Waals surface area contributed by atoms with E-state index in [1.54, 1.807) is 0 Å². The third kappa shape index (κ3) is 3.42. The molecule has 1 aromatic rings. The first-order valence-electron chi connectivity index (χ1n) is 5.36.